The van der Waals surface area contributed by atoms with Crippen molar-refractivity contribution in [1.29, 1.82) is 0 Å². The average Bonchev–Trinajstić information content (AvgIpc) is 2.40. The first kappa shape index (κ1) is 14.4. The lowest BCUT2D eigenvalue weighted by atomic mass is 9.73. The van der Waals surface area contributed by atoms with Crippen LogP contribution in [0.2, 0.25) is 0 Å². The molecule has 0 saturated heterocycles. The lowest BCUT2D eigenvalue weighted by Gasteiger charge is -2.32. The van der Waals surface area contributed by atoms with Crippen LogP contribution in [0.5, 0.6) is 0 Å². The smallest absolute Gasteiger partial charge is 0.139 e. The molecule has 0 aromatic heterocycles. The van der Waals surface area contributed by atoms with Crippen molar-refractivity contribution in [2.24, 2.45) is 17.8 Å². The molecule has 104 valence electrons. The fourth-order valence-corrected chi connectivity index (χ4v) is 4.07. The van der Waals surface area contributed by atoms with Crippen LogP contribution >= 0.6 is 11.6 Å². The molecule has 0 heterocycles. The fourth-order valence-electron chi connectivity index (χ4n) is 3.81. The quantitative estimate of drug-likeness (QED) is 0.660. The van der Waals surface area contributed by atoms with E-state index in [4.69, 9.17) is 11.6 Å². The third kappa shape index (κ3) is 3.73. The summed E-state index contributed by atoms with van der Waals surface area (Å²) in [4.78, 5) is 12.5. The van der Waals surface area contributed by atoms with Crippen LogP contribution in [0.3, 0.4) is 0 Å². The molecule has 2 aliphatic carbocycles. The summed E-state index contributed by atoms with van der Waals surface area (Å²) >= 11 is 6.11. The van der Waals surface area contributed by atoms with Crippen LogP contribution in [0.15, 0.2) is 0 Å². The summed E-state index contributed by atoms with van der Waals surface area (Å²) in [5, 5.41) is 0.328. The van der Waals surface area contributed by atoms with Crippen LogP contribution in [-0.4, -0.2) is 11.2 Å². The van der Waals surface area contributed by atoms with Gasteiger partial charge < -0.3 is 0 Å². The Morgan fingerprint density at radius 3 is 1.94 bits per heavy atom. The summed E-state index contributed by atoms with van der Waals surface area (Å²) < 4.78 is 0. The number of Topliss-reactive ketones (excluding diaryl/α,β-unsaturated/α-hetero) is 1. The molecule has 0 aromatic rings. The van der Waals surface area contributed by atoms with E-state index in [2.05, 4.69) is 6.92 Å². The Morgan fingerprint density at radius 2 is 1.44 bits per heavy atom. The predicted octanol–water partition coefficient (Wildman–Crippen LogP) is 4.96. The van der Waals surface area contributed by atoms with Gasteiger partial charge in [0.25, 0.3) is 0 Å². The summed E-state index contributed by atoms with van der Waals surface area (Å²) in [6, 6.07) is 0. The Morgan fingerprint density at radius 1 is 0.944 bits per heavy atom. The lowest BCUT2D eigenvalue weighted by Crippen LogP contribution is -2.30. The molecule has 0 aromatic carbocycles. The number of alkyl halides is 1. The van der Waals surface area contributed by atoms with Gasteiger partial charge >= 0.3 is 0 Å². The summed E-state index contributed by atoms with van der Waals surface area (Å²) in [7, 11) is 0. The molecule has 18 heavy (non-hydrogen) atoms. The molecular formula is C16H27ClO. The van der Waals surface area contributed by atoms with Crippen molar-refractivity contribution in [2.75, 3.05) is 0 Å². The Kier molecular flexibility index (Phi) is 5.54. The van der Waals surface area contributed by atoms with E-state index >= 15 is 0 Å². The van der Waals surface area contributed by atoms with E-state index in [0.717, 1.165) is 44.4 Å². The van der Waals surface area contributed by atoms with E-state index in [0.29, 0.717) is 23.0 Å². The molecule has 0 unspecified atom stereocenters. The van der Waals surface area contributed by atoms with Crippen LogP contribution in [-0.2, 0) is 4.79 Å². The molecule has 1 nitrogen and oxygen atoms in total. The maximum Gasteiger partial charge on any atom is 0.139 e. The number of ketones is 1. The van der Waals surface area contributed by atoms with Crippen molar-refractivity contribution in [3.05, 3.63) is 0 Å². The lowest BCUT2D eigenvalue weighted by molar-refractivity contribution is -0.129. The van der Waals surface area contributed by atoms with Crippen LogP contribution in [0, 0.1) is 17.8 Å². The number of carbonyl (C=O) groups excluding carboxylic acids is 1. The van der Waals surface area contributed by atoms with Gasteiger partial charge in [0, 0.05) is 17.2 Å². The highest BCUT2D eigenvalue weighted by Gasteiger charge is 2.32. The minimum absolute atomic E-state index is 0.328. The third-order valence-electron chi connectivity index (χ3n) is 5.01. The maximum atomic E-state index is 12.5. The maximum absolute atomic E-state index is 12.5. The van der Waals surface area contributed by atoms with Crippen LogP contribution in [0.4, 0.5) is 0 Å². The summed E-state index contributed by atoms with van der Waals surface area (Å²) in [5.74, 6) is 2.20. The van der Waals surface area contributed by atoms with Crippen molar-refractivity contribution in [1.82, 2.24) is 0 Å². The number of halogens is 1. The van der Waals surface area contributed by atoms with Crippen molar-refractivity contribution < 1.29 is 4.79 Å². The first-order valence-corrected chi connectivity index (χ1v) is 8.32. The molecule has 2 aliphatic rings. The number of carbonyl (C=O) groups is 1. The van der Waals surface area contributed by atoms with E-state index in [1.165, 1.54) is 25.7 Å². The van der Waals surface area contributed by atoms with Crippen LogP contribution in [0.25, 0.3) is 0 Å². The molecule has 2 heteroatoms. The molecule has 0 amide bonds. The largest absolute Gasteiger partial charge is 0.299 e. The normalized spacial score (nSPS) is 37.4. The monoisotopic (exact) mass is 270 g/mol. The zero-order valence-electron chi connectivity index (χ0n) is 11.7. The van der Waals surface area contributed by atoms with E-state index in [1.807, 2.05) is 0 Å². The zero-order chi connectivity index (χ0) is 13.0. The molecule has 2 fully saturated rings. The van der Waals surface area contributed by atoms with Crippen molar-refractivity contribution in [3.8, 4) is 0 Å². The van der Waals surface area contributed by atoms with Gasteiger partial charge in [-0.05, 0) is 57.3 Å². The SMILES string of the molecule is CCCC1CCC(C(=O)C2CCC(Cl)CC2)CC1. The van der Waals surface area contributed by atoms with E-state index < -0.39 is 0 Å². The molecule has 2 rings (SSSR count). The fraction of sp³-hybridized carbons (Fsp3) is 0.938. The first-order chi connectivity index (χ1) is 8.70. The van der Waals surface area contributed by atoms with Gasteiger partial charge in [-0.3, -0.25) is 4.79 Å². The average molecular weight is 271 g/mol. The van der Waals surface area contributed by atoms with E-state index in [-0.39, 0.29) is 0 Å². The third-order valence-corrected chi connectivity index (χ3v) is 5.44. The van der Waals surface area contributed by atoms with E-state index in [9.17, 15) is 4.79 Å². The van der Waals surface area contributed by atoms with Gasteiger partial charge in [0.2, 0.25) is 0 Å². The molecule has 0 bridgehead atoms. The minimum Gasteiger partial charge on any atom is -0.299 e. The number of hydrogen-bond acceptors (Lipinski definition) is 1. The summed E-state index contributed by atoms with van der Waals surface area (Å²) in [5.41, 5.74) is 0. The summed E-state index contributed by atoms with van der Waals surface area (Å²) in [6.07, 6.45) is 11.7. The molecule has 0 radical (unpaired) electrons. The summed E-state index contributed by atoms with van der Waals surface area (Å²) in [6.45, 7) is 2.27. The van der Waals surface area contributed by atoms with Crippen LogP contribution in [0.1, 0.15) is 71.1 Å². The van der Waals surface area contributed by atoms with Gasteiger partial charge in [-0.15, -0.1) is 11.6 Å². The van der Waals surface area contributed by atoms with Gasteiger partial charge in [-0.1, -0.05) is 19.8 Å². The Bertz CT molecular complexity index is 260. The molecule has 2 saturated carbocycles. The Hall–Kier alpha value is -0.0400. The van der Waals surface area contributed by atoms with Gasteiger partial charge in [-0.2, -0.15) is 0 Å². The molecule has 0 N–H and O–H groups in total. The Balaban J connectivity index is 1.77. The minimum atomic E-state index is 0.328. The van der Waals surface area contributed by atoms with Gasteiger partial charge in [0.05, 0.1) is 0 Å². The standard InChI is InChI=1S/C16H27ClO/c1-2-3-12-4-6-13(7-5-12)16(18)14-8-10-15(17)11-9-14/h12-15H,2-11H2,1H3. The molecule has 0 spiro atoms. The van der Waals surface area contributed by atoms with Crippen LogP contribution < -0.4 is 0 Å². The molecule has 0 atom stereocenters. The number of rotatable bonds is 4. The molecular weight excluding hydrogens is 244 g/mol. The second-order valence-electron chi connectivity index (χ2n) is 6.36. The highest BCUT2D eigenvalue weighted by atomic mass is 35.5. The highest BCUT2D eigenvalue weighted by molar-refractivity contribution is 6.20. The van der Waals surface area contributed by atoms with Crippen molar-refractivity contribution in [2.45, 2.75) is 76.5 Å². The van der Waals surface area contributed by atoms with Crippen molar-refractivity contribution >= 4 is 17.4 Å². The van der Waals surface area contributed by atoms with Gasteiger partial charge in [0.15, 0.2) is 0 Å². The number of hydrogen-bond donors (Lipinski definition) is 0. The van der Waals surface area contributed by atoms with Gasteiger partial charge in [0.1, 0.15) is 5.78 Å². The van der Waals surface area contributed by atoms with E-state index in [1.54, 1.807) is 0 Å². The molecule has 0 aliphatic heterocycles. The highest BCUT2D eigenvalue weighted by Crippen LogP contribution is 2.36. The predicted molar refractivity (Wildman–Crippen MR) is 77.0 cm³/mol. The first-order valence-electron chi connectivity index (χ1n) is 7.88. The topological polar surface area (TPSA) is 17.1 Å². The van der Waals surface area contributed by atoms with Crippen molar-refractivity contribution in [3.63, 3.8) is 0 Å². The van der Waals surface area contributed by atoms with Gasteiger partial charge in [-0.25, -0.2) is 0 Å². The Labute approximate surface area is 117 Å². The second kappa shape index (κ2) is 6.93. The second-order valence-corrected chi connectivity index (χ2v) is 6.97. The zero-order valence-corrected chi connectivity index (χ0v) is 12.4.